The van der Waals surface area contributed by atoms with Gasteiger partial charge in [-0.2, -0.15) is 0 Å². The predicted molar refractivity (Wildman–Crippen MR) is 117 cm³/mol. The number of benzene rings is 2. The lowest BCUT2D eigenvalue weighted by Gasteiger charge is -2.22. The lowest BCUT2D eigenvalue weighted by atomic mass is 10.2. The number of fused-ring (bicyclic) bond motifs is 1. The molecule has 4 nitrogen and oxygen atoms in total. The molecule has 1 aromatic heterocycles. The number of likely N-dealkylation sites (N-methyl/N-ethyl adjacent to an activating group) is 1. The number of aromatic nitrogens is 1. The van der Waals surface area contributed by atoms with Crippen LogP contribution in [0.1, 0.15) is 12.0 Å². The third kappa shape index (κ3) is 5.31. The zero-order chi connectivity index (χ0) is 19.2. The molecule has 6 heteroatoms. The summed E-state index contributed by atoms with van der Waals surface area (Å²) in [7, 11) is 4.05. The highest BCUT2D eigenvalue weighted by molar-refractivity contribution is 7.99. The lowest BCUT2D eigenvalue weighted by Crippen LogP contribution is -2.36. The summed E-state index contributed by atoms with van der Waals surface area (Å²) in [6.07, 6.45) is 0.502. The van der Waals surface area contributed by atoms with E-state index in [-0.39, 0.29) is 5.91 Å². The summed E-state index contributed by atoms with van der Waals surface area (Å²) in [5.74, 6) is 0.905. The fourth-order valence-electron chi connectivity index (χ4n) is 2.72. The summed E-state index contributed by atoms with van der Waals surface area (Å²) in [6.45, 7) is 3.53. The minimum Gasteiger partial charge on any atom is -0.308 e. The number of nitrogens with zero attached hydrogens (tertiary/aromatic N) is 3. The van der Waals surface area contributed by atoms with E-state index in [4.69, 9.17) is 4.98 Å². The highest BCUT2D eigenvalue weighted by atomic mass is 32.2. The van der Waals surface area contributed by atoms with Crippen molar-refractivity contribution in [3.8, 4) is 0 Å². The average molecular weight is 400 g/mol. The number of thiazole rings is 1. The molecule has 1 heterocycles. The maximum Gasteiger partial charge on any atom is 0.229 e. The molecule has 2 aromatic carbocycles. The number of amides is 1. The van der Waals surface area contributed by atoms with Crippen LogP contribution in [0, 0.1) is 6.92 Å². The maximum atomic E-state index is 13.0. The van der Waals surface area contributed by atoms with Gasteiger partial charge in [0.15, 0.2) is 5.13 Å². The molecule has 0 aliphatic carbocycles. The normalized spacial score (nSPS) is 11.3. The Kier molecular flexibility index (Phi) is 6.88. The van der Waals surface area contributed by atoms with E-state index in [1.165, 1.54) is 4.90 Å². The molecule has 0 spiro atoms. The standard InChI is InChI=1S/C21H25N3OS2/c1-16-8-7-11-18-20(16)22-21(27-18)24(14-13-23(2)3)19(25)12-15-26-17-9-5-4-6-10-17/h4-11H,12-15H2,1-3H3. The molecule has 0 bridgehead atoms. The Bertz CT molecular complexity index is 893. The van der Waals surface area contributed by atoms with Gasteiger partial charge in [-0.1, -0.05) is 41.7 Å². The van der Waals surface area contributed by atoms with E-state index in [9.17, 15) is 4.79 Å². The second-order valence-electron chi connectivity index (χ2n) is 6.68. The van der Waals surface area contributed by atoms with Gasteiger partial charge < -0.3 is 4.90 Å². The molecule has 0 radical (unpaired) electrons. The van der Waals surface area contributed by atoms with Crippen LogP contribution in [-0.2, 0) is 4.79 Å². The second kappa shape index (κ2) is 9.35. The summed E-state index contributed by atoms with van der Waals surface area (Å²) in [6, 6.07) is 16.4. The molecule has 27 heavy (non-hydrogen) atoms. The van der Waals surface area contributed by atoms with Crippen LogP contribution in [0.15, 0.2) is 53.4 Å². The largest absolute Gasteiger partial charge is 0.308 e. The van der Waals surface area contributed by atoms with Crippen molar-refractivity contribution >= 4 is 44.4 Å². The topological polar surface area (TPSA) is 36.4 Å². The Labute approximate surface area is 169 Å². The Balaban J connectivity index is 1.73. The molecule has 0 saturated carbocycles. The molecule has 0 aliphatic rings. The molecular weight excluding hydrogens is 374 g/mol. The van der Waals surface area contributed by atoms with Gasteiger partial charge in [0.1, 0.15) is 0 Å². The molecule has 0 saturated heterocycles. The third-order valence-electron chi connectivity index (χ3n) is 4.24. The minimum atomic E-state index is 0.136. The Morgan fingerprint density at radius 3 is 2.56 bits per heavy atom. The van der Waals surface area contributed by atoms with E-state index >= 15 is 0 Å². The van der Waals surface area contributed by atoms with Gasteiger partial charge in [0.05, 0.1) is 10.2 Å². The van der Waals surface area contributed by atoms with Crippen LogP contribution in [0.25, 0.3) is 10.2 Å². The number of aryl methyl sites for hydroxylation is 1. The van der Waals surface area contributed by atoms with Crippen molar-refractivity contribution in [1.29, 1.82) is 0 Å². The number of carbonyl (C=O) groups is 1. The fourth-order valence-corrected chi connectivity index (χ4v) is 4.67. The summed E-state index contributed by atoms with van der Waals surface area (Å²) < 4.78 is 1.13. The molecule has 3 aromatic rings. The number of rotatable bonds is 8. The molecule has 0 fully saturated rings. The molecule has 0 N–H and O–H groups in total. The average Bonchev–Trinajstić information content (AvgIpc) is 3.08. The van der Waals surface area contributed by atoms with Crippen LogP contribution in [0.5, 0.6) is 0 Å². The van der Waals surface area contributed by atoms with Gasteiger partial charge in [-0.3, -0.25) is 9.69 Å². The van der Waals surface area contributed by atoms with E-state index in [0.717, 1.165) is 33.2 Å². The molecule has 142 valence electrons. The summed E-state index contributed by atoms with van der Waals surface area (Å²) in [5, 5.41) is 0.802. The van der Waals surface area contributed by atoms with Crippen LogP contribution in [0.2, 0.25) is 0 Å². The van der Waals surface area contributed by atoms with Gasteiger partial charge >= 0.3 is 0 Å². The highest BCUT2D eigenvalue weighted by Crippen LogP contribution is 2.31. The van der Waals surface area contributed by atoms with Gasteiger partial charge in [-0.05, 0) is 44.8 Å². The van der Waals surface area contributed by atoms with E-state index in [0.29, 0.717) is 13.0 Å². The fraction of sp³-hybridized carbons (Fsp3) is 0.333. The predicted octanol–water partition coefficient (Wildman–Crippen LogP) is 4.68. The van der Waals surface area contributed by atoms with E-state index in [2.05, 4.69) is 36.1 Å². The zero-order valence-electron chi connectivity index (χ0n) is 16.0. The Morgan fingerprint density at radius 1 is 1.07 bits per heavy atom. The van der Waals surface area contributed by atoms with Gasteiger partial charge in [-0.15, -0.1) is 11.8 Å². The smallest absolute Gasteiger partial charge is 0.229 e. The molecule has 1 amide bonds. The number of para-hydroxylation sites is 1. The van der Waals surface area contributed by atoms with Gasteiger partial charge in [0.2, 0.25) is 5.91 Å². The van der Waals surface area contributed by atoms with E-state index < -0.39 is 0 Å². The van der Waals surface area contributed by atoms with E-state index in [1.54, 1.807) is 23.1 Å². The highest BCUT2D eigenvalue weighted by Gasteiger charge is 2.20. The number of anilines is 1. The zero-order valence-corrected chi connectivity index (χ0v) is 17.6. The molecular formula is C21H25N3OS2. The first-order valence-electron chi connectivity index (χ1n) is 9.03. The van der Waals surface area contributed by atoms with Crippen LogP contribution >= 0.6 is 23.1 Å². The van der Waals surface area contributed by atoms with Crippen molar-refractivity contribution < 1.29 is 4.79 Å². The summed E-state index contributed by atoms with van der Waals surface area (Å²) in [4.78, 5) is 22.9. The van der Waals surface area contributed by atoms with Crippen molar-refractivity contribution in [2.24, 2.45) is 0 Å². The summed E-state index contributed by atoms with van der Waals surface area (Å²) >= 11 is 3.32. The quantitative estimate of drug-likeness (QED) is 0.515. The third-order valence-corrected chi connectivity index (χ3v) is 6.30. The lowest BCUT2D eigenvalue weighted by molar-refractivity contribution is -0.118. The van der Waals surface area contributed by atoms with Crippen LogP contribution in [-0.4, -0.2) is 48.7 Å². The Hall–Kier alpha value is -1.89. The molecule has 0 unspecified atom stereocenters. The van der Waals surface area contributed by atoms with Crippen molar-refractivity contribution in [2.45, 2.75) is 18.2 Å². The van der Waals surface area contributed by atoms with Crippen molar-refractivity contribution in [1.82, 2.24) is 9.88 Å². The first kappa shape index (κ1) is 19.9. The number of carbonyl (C=O) groups excluding carboxylic acids is 1. The van der Waals surface area contributed by atoms with Crippen LogP contribution < -0.4 is 4.90 Å². The van der Waals surface area contributed by atoms with Crippen molar-refractivity contribution in [3.63, 3.8) is 0 Å². The first-order chi connectivity index (χ1) is 13.0. The number of thioether (sulfide) groups is 1. The molecule has 0 atom stereocenters. The SMILES string of the molecule is Cc1cccc2sc(N(CCN(C)C)C(=O)CCSc3ccccc3)nc12. The summed E-state index contributed by atoms with van der Waals surface area (Å²) in [5.41, 5.74) is 2.15. The van der Waals surface area contributed by atoms with Gasteiger partial charge in [0, 0.05) is 30.2 Å². The van der Waals surface area contributed by atoms with Crippen LogP contribution in [0.3, 0.4) is 0 Å². The first-order valence-corrected chi connectivity index (χ1v) is 10.8. The minimum absolute atomic E-state index is 0.136. The number of hydrogen-bond acceptors (Lipinski definition) is 5. The monoisotopic (exact) mass is 399 g/mol. The van der Waals surface area contributed by atoms with Crippen molar-refractivity contribution in [2.75, 3.05) is 37.8 Å². The Morgan fingerprint density at radius 2 is 1.85 bits per heavy atom. The van der Waals surface area contributed by atoms with Crippen LogP contribution in [0.4, 0.5) is 5.13 Å². The molecule has 3 rings (SSSR count). The molecule has 0 aliphatic heterocycles. The van der Waals surface area contributed by atoms with Crippen molar-refractivity contribution in [3.05, 3.63) is 54.1 Å². The van der Waals surface area contributed by atoms with Gasteiger partial charge in [0.25, 0.3) is 0 Å². The van der Waals surface area contributed by atoms with E-state index in [1.807, 2.05) is 43.3 Å². The maximum absolute atomic E-state index is 13.0. The second-order valence-corrected chi connectivity index (χ2v) is 8.86. The van der Waals surface area contributed by atoms with Gasteiger partial charge in [-0.25, -0.2) is 4.98 Å². The number of hydrogen-bond donors (Lipinski definition) is 0.